The second-order valence-electron chi connectivity index (χ2n) is 11.1. The van der Waals surface area contributed by atoms with Gasteiger partial charge in [0, 0.05) is 49.4 Å². The molecule has 10 heteroatoms. The number of aromatic nitrogens is 3. The zero-order chi connectivity index (χ0) is 25.4. The van der Waals surface area contributed by atoms with Gasteiger partial charge in [-0.2, -0.15) is 0 Å². The van der Waals surface area contributed by atoms with Crippen molar-refractivity contribution in [1.82, 2.24) is 15.0 Å². The van der Waals surface area contributed by atoms with Gasteiger partial charge < -0.3 is 19.5 Å². The van der Waals surface area contributed by atoms with E-state index in [1.807, 2.05) is 35.2 Å². The van der Waals surface area contributed by atoms with Gasteiger partial charge in [0.1, 0.15) is 22.6 Å². The van der Waals surface area contributed by atoms with Crippen molar-refractivity contribution in [3.05, 3.63) is 42.6 Å². The Morgan fingerprint density at radius 1 is 1.05 bits per heavy atom. The standard InChI is InChI=1S/C27H30F2N6OS/c1-37(36)33-17-5-6-18(23(13-17)34-11-9-26(7-8-26)10-12-34)25-30-14-22(32-25)21-3-2-4-24(31-21)35-15-19-20(16-35)27(19,28)29/h2-6,13-14,19-20,33H,7-12,15-16H2,1H3,(H,30,32). The molecule has 3 atom stereocenters. The van der Waals surface area contributed by atoms with Crippen LogP contribution >= 0.6 is 0 Å². The Morgan fingerprint density at radius 3 is 2.51 bits per heavy atom. The van der Waals surface area contributed by atoms with Crippen molar-refractivity contribution in [2.24, 2.45) is 17.3 Å². The second kappa shape index (κ2) is 8.24. The number of imidazole rings is 1. The Bertz CT molecular complexity index is 1360. The number of H-pyrrole nitrogens is 1. The highest BCUT2D eigenvalue weighted by atomic mass is 32.2. The first-order chi connectivity index (χ1) is 17.8. The van der Waals surface area contributed by atoms with Gasteiger partial charge in [0.2, 0.25) is 0 Å². The molecule has 4 heterocycles. The molecule has 2 saturated carbocycles. The molecule has 0 amide bonds. The number of aromatic amines is 1. The lowest BCUT2D eigenvalue weighted by atomic mass is 9.93. The summed E-state index contributed by atoms with van der Waals surface area (Å²) in [6.07, 6.45) is 8.51. The third-order valence-corrected chi connectivity index (χ3v) is 9.27. The number of rotatable bonds is 6. The highest BCUT2D eigenvalue weighted by Gasteiger charge is 2.71. The number of nitrogens with one attached hydrogen (secondary N) is 2. The molecule has 0 radical (unpaired) electrons. The van der Waals surface area contributed by atoms with Crippen LogP contribution in [0.3, 0.4) is 0 Å². The van der Waals surface area contributed by atoms with Crippen LogP contribution in [-0.4, -0.2) is 57.5 Å². The van der Waals surface area contributed by atoms with E-state index in [1.165, 1.54) is 25.7 Å². The normalized spacial score (nSPS) is 25.7. The summed E-state index contributed by atoms with van der Waals surface area (Å²) in [6, 6.07) is 11.7. The van der Waals surface area contributed by atoms with Gasteiger partial charge in [-0.3, -0.25) is 0 Å². The fraction of sp³-hybridized carbons (Fsp3) is 0.481. The van der Waals surface area contributed by atoms with E-state index in [1.54, 1.807) is 12.5 Å². The number of benzene rings is 1. The SMILES string of the molecule is CS(=O)Nc1ccc(-c2ncc(-c3cccc(N4CC5C(C4)C5(F)F)n3)[nH]2)c(N2CCC3(CC2)CC3)c1. The van der Waals surface area contributed by atoms with Crippen molar-refractivity contribution in [3.63, 3.8) is 0 Å². The number of anilines is 3. The minimum atomic E-state index is -2.51. The number of halogens is 2. The first kappa shape index (κ1) is 23.1. The van der Waals surface area contributed by atoms with Gasteiger partial charge >= 0.3 is 0 Å². The van der Waals surface area contributed by atoms with Crippen LogP contribution in [0, 0.1) is 17.3 Å². The maximum Gasteiger partial charge on any atom is 0.258 e. The van der Waals surface area contributed by atoms with Gasteiger partial charge in [-0.05, 0) is 61.4 Å². The maximum atomic E-state index is 13.7. The van der Waals surface area contributed by atoms with Crippen molar-refractivity contribution in [1.29, 1.82) is 0 Å². The Balaban J connectivity index is 1.16. The van der Waals surface area contributed by atoms with Crippen molar-refractivity contribution in [2.45, 2.75) is 31.6 Å². The van der Waals surface area contributed by atoms with E-state index >= 15 is 0 Å². The molecule has 0 bridgehead atoms. The maximum absolute atomic E-state index is 13.7. The Morgan fingerprint density at radius 2 is 1.81 bits per heavy atom. The third-order valence-electron chi connectivity index (χ3n) is 8.75. The Labute approximate surface area is 217 Å². The average molecular weight is 525 g/mol. The molecule has 1 spiro atoms. The van der Waals surface area contributed by atoms with E-state index in [0.29, 0.717) is 18.5 Å². The molecule has 2 aliphatic carbocycles. The lowest BCUT2D eigenvalue weighted by Gasteiger charge is -2.35. The molecular formula is C27H30F2N6OS. The van der Waals surface area contributed by atoms with Gasteiger partial charge in [0.15, 0.2) is 0 Å². The predicted octanol–water partition coefficient (Wildman–Crippen LogP) is 4.93. The molecule has 7 rings (SSSR count). The highest BCUT2D eigenvalue weighted by molar-refractivity contribution is 7.85. The Hall–Kier alpha value is -3.01. The predicted molar refractivity (Wildman–Crippen MR) is 142 cm³/mol. The molecule has 7 nitrogen and oxygen atoms in total. The van der Waals surface area contributed by atoms with E-state index < -0.39 is 28.7 Å². The third kappa shape index (κ3) is 4.09. The van der Waals surface area contributed by atoms with E-state index in [0.717, 1.165) is 53.1 Å². The molecule has 4 aliphatic rings. The number of fused-ring (bicyclic) bond motifs is 1. The summed E-state index contributed by atoms with van der Waals surface area (Å²) in [7, 11) is -1.16. The van der Waals surface area contributed by atoms with Gasteiger partial charge in [-0.15, -0.1) is 0 Å². The average Bonchev–Trinajstić information content (AvgIpc) is 3.50. The summed E-state index contributed by atoms with van der Waals surface area (Å²) in [5, 5.41) is 0. The molecule has 2 saturated heterocycles. The zero-order valence-electron chi connectivity index (χ0n) is 20.7. The molecule has 194 valence electrons. The number of hydrogen-bond donors (Lipinski definition) is 2. The van der Waals surface area contributed by atoms with Crippen LogP contribution < -0.4 is 14.5 Å². The van der Waals surface area contributed by atoms with Crippen LogP contribution in [0.1, 0.15) is 25.7 Å². The molecule has 1 aromatic carbocycles. The minimum Gasteiger partial charge on any atom is -0.371 e. The smallest absolute Gasteiger partial charge is 0.258 e. The fourth-order valence-corrected chi connectivity index (χ4v) is 6.61. The van der Waals surface area contributed by atoms with Crippen molar-refractivity contribution >= 4 is 28.2 Å². The summed E-state index contributed by atoms with van der Waals surface area (Å²) in [5.41, 5.74) is 4.97. The molecule has 2 N–H and O–H groups in total. The van der Waals surface area contributed by atoms with Crippen LogP contribution in [-0.2, 0) is 11.0 Å². The largest absolute Gasteiger partial charge is 0.371 e. The summed E-state index contributed by atoms with van der Waals surface area (Å²) in [6.45, 7) is 2.71. The number of pyridine rings is 1. The van der Waals surface area contributed by atoms with Gasteiger partial charge in [-0.1, -0.05) is 6.07 Å². The summed E-state index contributed by atoms with van der Waals surface area (Å²) in [4.78, 5) is 17.3. The van der Waals surface area contributed by atoms with Crippen molar-refractivity contribution < 1.29 is 13.0 Å². The highest BCUT2D eigenvalue weighted by Crippen LogP contribution is 2.59. The van der Waals surface area contributed by atoms with E-state index in [4.69, 9.17) is 9.97 Å². The van der Waals surface area contributed by atoms with Crippen molar-refractivity contribution in [3.8, 4) is 22.8 Å². The molecule has 37 heavy (non-hydrogen) atoms. The lowest BCUT2D eigenvalue weighted by Crippen LogP contribution is -2.34. The van der Waals surface area contributed by atoms with Gasteiger partial charge in [-0.25, -0.2) is 23.0 Å². The van der Waals surface area contributed by atoms with Crippen LogP contribution in [0.2, 0.25) is 0 Å². The first-order valence-electron chi connectivity index (χ1n) is 13.0. The Kier molecular flexibility index (Phi) is 5.15. The molecule has 2 aliphatic heterocycles. The quantitative estimate of drug-likeness (QED) is 0.479. The summed E-state index contributed by atoms with van der Waals surface area (Å²) < 4.78 is 42.1. The van der Waals surface area contributed by atoms with Crippen molar-refractivity contribution in [2.75, 3.05) is 47.0 Å². The van der Waals surface area contributed by atoms with Gasteiger partial charge in [0.05, 0.1) is 29.4 Å². The second-order valence-corrected chi connectivity index (χ2v) is 12.2. The lowest BCUT2D eigenvalue weighted by molar-refractivity contribution is 0.0797. The topological polar surface area (TPSA) is 77.1 Å². The van der Waals surface area contributed by atoms with Crippen LogP contribution in [0.25, 0.3) is 22.8 Å². The first-order valence-corrected chi connectivity index (χ1v) is 14.5. The molecule has 3 aromatic rings. The zero-order valence-corrected chi connectivity index (χ0v) is 21.5. The van der Waals surface area contributed by atoms with E-state index in [9.17, 15) is 13.0 Å². The van der Waals surface area contributed by atoms with Gasteiger partial charge in [0.25, 0.3) is 5.92 Å². The minimum absolute atomic E-state index is 0.353. The molecule has 4 fully saturated rings. The number of nitrogens with zero attached hydrogens (tertiary/aromatic N) is 4. The van der Waals surface area contributed by atoms with Crippen LogP contribution in [0.5, 0.6) is 0 Å². The number of alkyl halides is 2. The van der Waals surface area contributed by atoms with E-state index in [-0.39, 0.29) is 0 Å². The van der Waals surface area contributed by atoms with Crippen LogP contribution in [0.15, 0.2) is 42.6 Å². The monoisotopic (exact) mass is 524 g/mol. The fourth-order valence-electron chi connectivity index (χ4n) is 6.15. The van der Waals surface area contributed by atoms with E-state index in [2.05, 4.69) is 20.7 Å². The number of hydrogen-bond acceptors (Lipinski definition) is 5. The number of piperidine rings is 2. The summed E-state index contributed by atoms with van der Waals surface area (Å²) >= 11 is 0. The summed E-state index contributed by atoms with van der Waals surface area (Å²) in [5.74, 6) is -2.11. The molecular weight excluding hydrogens is 494 g/mol. The van der Waals surface area contributed by atoms with Crippen LogP contribution in [0.4, 0.5) is 26.0 Å². The molecule has 2 aromatic heterocycles. The molecule has 3 unspecified atom stereocenters.